The molecule has 3 nitrogen and oxygen atoms in total. The molecule has 1 rings (SSSR count). The fourth-order valence-electron chi connectivity index (χ4n) is 1.45. The highest BCUT2D eigenvalue weighted by Gasteiger charge is 2.24. The molecule has 2 atom stereocenters. The standard InChI is InChI=1S/C12H13NO2/c1-2-6-10(11(13)12(14)15)9-7-4-3-5-8-9/h1,3-5,7-8,10-11H,6,13H2,(H,14,15). The highest BCUT2D eigenvalue weighted by molar-refractivity contribution is 5.74. The Kier molecular flexibility index (Phi) is 3.90. The molecular formula is C12H13NO2. The van der Waals surface area contributed by atoms with Crippen molar-refractivity contribution in [3.63, 3.8) is 0 Å². The van der Waals surface area contributed by atoms with E-state index in [2.05, 4.69) is 5.92 Å². The first kappa shape index (κ1) is 11.3. The smallest absolute Gasteiger partial charge is 0.321 e. The minimum absolute atomic E-state index is 0.325. The van der Waals surface area contributed by atoms with Gasteiger partial charge in [-0.2, -0.15) is 0 Å². The fourth-order valence-corrected chi connectivity index (χ4v) is 1.45. The third-order valence-corrected chi connectivity index (χ3v) is 2.28. The molecule has 0 radical (unpaired) electrons. The van der Waals surface area contributed by atoms with Crippen LogP contribution in [0.5, 0.6) is 0 Å². The maximum Gasteiger partial charge on any atom is 0.321 e. The first-order valence-corrected chi connectivity index (χ1v) is 4.63. The monoisotopic (exact) mass is 203 g/mol. The van der Waals surface area contributed by atoms with Crippen LogP contribution in [0.4, 0.5) is 0 Å². The number of terminal acetylenes is 1. The molecule has 0 amide bonds. The van der Waals surface area contributed by atoms with Crippen molar-refractivity contribution in [2.45, 2.75) is 18.4 Å². The number of aliphatic carboxylic acids is 1. The van der Waals surface area contributed by atoms with E-state index in [1.165, 1.54) is 0 Å². The average Bonchev–Trinajstić information content (AvgIpc) is 2.26. The van der Waals surface area contributed by atoms with Crippen LogP contribution in [0, 0.1) is 12.3 Å². The molecule has 0 aliphatic carbocycles. The normalized spacial score (nSPS) is 13.9. The zero-order valence-corrected chi connectivity index (χ0v) is 8.26. The minimum Gasteiger partial charge on any atom is -0.480 e. The Labute approximate surface area is 88.9 Å². The molecule has 0 saturated carbocycles. The first-order chi connectivity index (χ1) is 7.16. The molecule has 15 heavy (non-hydrogen) atoms. The molecule has 0 saturated heterocycles. The molecule has 0 spiro atoms. The van der Waals surface area contributed by atoms with Gasteiger partial charge in [0.2, 0.25) is 0 Å². The largest absolute Gasteiger partial charge is 0.480 e. The van der Waals surface area contributed by atoms with Crippen molar-refractivity contribution >= 4 is 5.97 Å². The summed E-state index contributed by atoms with van der Waals surface area (Å²) < 4.78 is 0. The number of carboxylic acid groups (broad SMARTS) is 1. The maximum absolute atomic E-state index is 10.8. The van der Waals surface area contributed by atoms with Gasteiger partial charge in [0.15, 0.2) is 0 Å². The van der Waals surface area contributed by atoms with Crippen LogP contribution in [-0.2, 0) is 4.79 Å². The Morgan fingerprint density at radius 3 is 2.53 bits per heavy atom. The molecule has 3 N–H and O–H groups in total. The van der Waals surface area contributed by atoms with Gasteiger partial charge >= 0.3 is 5.97 Å². The number of nitrogens with two attached hydrogens (primary N) is 1. The summed E-state index contributed by atoms with van der Waals surface area (Å²) in [6, 6.07) is 8.27. The summed E-state index contributed by atoms with van der Waals surface area (Å²) in [7, 11) is 0. The molecule has 1 aromatic rings. The van der Waals surface area contributed by atoms with Crippen molar-refractivity contribution in [2.75, 3.05) is 0 Å². The molecule has 2 unspecified atom stereocenters. The van der Waals surface area contributed by atoms with Gasteiger partial charge in [0.05, 0.1) is 0 Å². The van der Waals surface area contributed by atoms with Crippen molar-refractivity contribution in [3.8, 4) is 12.3 Å². The minimum atomic E-state index is -1.03. The summed E-state index contributed by atoms with van der Waals surface area (Å²) >= 11 is 0. The number of rotatable bonds is 4. The van der Waals surface area contributed by atoms with Crippen LogP contribution in [0.1, 0.15) is 17.9 Å². The van der Waals surface area contributed by atoms with Crippen molar-refractivity contribution in [1.29, 1.82) is 0 Å². The van der Waals surface area contributed by atoms with Crippen LogP contribution in [0.2, 0.25) is 0 Å². The lowest BCUT2D eigenvalue weighted by Crippen LogP contribution is -2.36. The van der Waals surface area contributed by atoms with Gasteiger partial charge < -0.3 is 10.8 Å². The number of carbonyl (C=O) groups is 1. The molecular weight excluding hydrogens is 190 g/mol. The third-order valence-electron chi connectivity index (χ3n) is 2.28. The molecule has 0 aliphatic rings. The molecule has 1 aromatic carbocycles. The van der Waals surface area contributed by atoms with Crippen molar-refractivity contribution < 1.29 is 9.90 Å². The molecule has 3 heteroatoms. The third kappa shape index (κ3) is 2.83. The van der Waals surface area contributed by atoms with E-state index in [0.29, 0.717) is 6.42 Å². The molecule has 0 heterocycles. The van der Waals surface area contributed by atoms with Crippen molar-refractivity contribution in [3.05, 3.63) is 35.9 Å². The Morgan fingerprint density at radius 1 is 1.47 bits per heavy atom. The number of carboxylic acids is 1. The predicted molar refractivity (Wildman–Crippen MR) is 58.2 cm³/mol. The summed E-state index contributed by atoms with van der Waals surface area (Å²) in [5.41, 5.74) is 6.45. The SMILES string of the molecule is C#CCC(c1ccccc1)C(N)C(=O)O. The Balaban J connectivity index is 2.94. The second-order valence-corrected chi connectivity index (χ2v) is 3.29. The second-order valence-electron chi connectivity index (χ2n) is 3.29. The van der Waals surface area contributed by atoms with Crippen LogP contribution in [0.25, 0.3) is 0 Å². The van der Waals surface area contributed by atoms with Crippen LogP contribution in [0.15, 0.2) is 30.3 Å². The lowest BCUT2D eigenvalue weighted by atomic mass is 9.89. The highest BCUT2D eigenvalue weighted by Crippen LogP contribution is 2.21. The van der Waals surface area contributed by atoms with E-state index in [1.54, 1.807) is 0 Å². The summed E-state index contributed by atoms with van der Waals surface area (Å²) in [5.74, 6) is 1.10. The predicted octanol–water partition coefficient (Wildman–Crippen LogP) is 1.21. The van der Waals surface area contributed by atoms with Gasteiger partial charge in [0.1, 0.15) is 6.04 Å². The average molecular weight is 203 g/mol. The van der Waals surface area contributed by atoms with Crippen LogP contribution in [-0.4, -0.2) is 17.1 Å². The van der Waals surface area contributed by atoms with E-state index < -0.39 is 12.0 Å². The molecule has 78 valence electrons. The van der Waals surface area contributed by atoms with E-state index in [1.807, 2.05) is 30.3 Å². The van der Waals surface area contributed by atoms with Crippen LogP contribution >= 0.6 is 0 Å². The zero-order valence-electron chi connectivity index (χ0n) is 8.26. The zero-order chi connectivity index (χ0) is 11.3. The van der Waals surface area contributed by atoms with Gasteiger partial charge in [0.25, 0.3) is 0 Å². The quantitative estimate of drug-likeness (QED) is 0.723. The van der Waals surface area contributed by atoms with Gasteiger partial charge in [0, 0.05) is 12.3 Å². The number of benzene rings is 1. The van der Waals surface area contributed by atoms with Gasteiger partial charge in [-0.15, -0.1) is 12.3 Å². The van der Waals surface area contributed by atoms with E-state index >= 15 is 0 Å². The number of hydrogen-bond acceptors (Lipinski definition) is 2. The van der Waals surface area contributed by atoms with Crippen molar-refractivity contribution in [1.82, 2.24) is 0 Å². The van der Waals surface area contributed by atoms with Gasteiger partial charge in [-0.05, 0) is 5.56 Å². The summed E-state index contributed by atoms with van der Waals surface area (Å²) in [5, 5.41) is 8.85. The van der Waals surface area contributed by atoms with E-state index in [0.717, 1.165) is 5.56 Å². The van der Waals surface area contributed by atoms with E-state index in [-0.39, 0.29) is 5.92 Å². The molecule has 0 aromatic heterocycles. The van der Waals surface area contributed by atoms with Gasteiger partial charge in [-0.25, -0.2) is 0 Å². The van der Waals surface area contributed by atoms with E-state index in [4.69, 9.17) is 17.3 Å². The Morgan fingerprint density at radius 2 is 2.07 bits per heavy atom. The number of hydrogen-bond donors (Lipinski definition) is 2. The van der Waals surface area contributed by atoms with Crippen molar-refractivity contribution in [2.24, 2.45) is 5.73 Å². The fraction of sp³-hybridized carbons (Fsp3) is 0.250. The molecule has 0 fully saturated rings. The molecule has 0 aliphatic heterocycles. The topological polar surface area (TPSA) is 63.3 Å². The Bertz CT molecular complexity index is 367. The first-order valence-electron chi connectivity index (χ1n) is 4.63. The summed E-state index contributed by atoms with van der Waals surface area (Å²) in [6.07, 6.45) is 5.54. The van der Waals surface area contributed by atoms with Crippen LogP contribution < -0.4 is 5.73 Å². The highest BCUT2D eigenvalue weighted by atomic mass is 16.4. The van der Waals surface area contributed by atoms with Crippen LogP contribution in [0.3, 0.4) is 0 Å². The lowest BCUT2D eigenvalue weighted by Gasteiger charge is -2.18. The maximum atomic E-state index is 10.8. The molecule has 0 bridgehead atoms. The lowest BCUT2D eigenvalue weighted by molar-refractivity contribution is -0.139. The van der Waals surface area contributed by atoms with Gasteiger partial charge in [-0.1, -0.05) is 30.3 Å². The summed E-state index contributed by atoms with van der Waals surface area (Å²) in [6.45, 7) is 0. The second kappa shape index (κ2) is 5.18. The Hall–Kier alpha value is -1.79. The van der Waals surface area contributed by atoms with E-state index in [9.17, 15) is 4.79 Å². The van der Waals surface area contributed by atoms with Gasteiger partial charge in [-0.3, -0.25) is 4.79 Å². The summed E-state index contributed by atoms with van der Waals surface area (Å²) in [4.78, 5) is 10.8.